The third kappa shape index (κ3) is 4.51. The van der Waals surface area contributed by atoms with Crippen molar-refractivity contribution in [1.82, 2.24) is 4.98 Å². The molecule has 1 aromatic rings. The lowest BCUT2D eigenvalue weighted by molar-refractivity contribution is 0.607. The summed E-state index contributed by atoms with van der Waals surface area (Å²) in [7, 11) is 0. The highest BCUT2D eigenvalue weighted by Gasteiger charge is 2.00. The minimum atomic E-state index is 0.504. The first-order chi connectivity index (χ1) is 7.74. The van der Waals surface area contributed by atoms with Crippen LogP contribution in [-0.2, 0) is 6.42 Å². The predicted octanol–water partition coefficient (Wildman–Crippen LogP) is 3.15. The van der Waals surface area contributed by atoms with E-state index in [9.17, 15) is 0 Å². The van der Waals surface area contributed by atoms with Gasteiger partial charge in [0.15, 0.2) is 0 Å². The maximum absolute atomic E-state index is 5.79. The second-order valence-corrected chi connectivity index (χ2v) is 4.30. The summed E-state index contributed by atoms with van der Waals surface area (Å²) in [6.07, 6.45) is 8.83. The normalized spacial score (nSPS) is 10.6. The number of anilines is 2. The van der Waals surface area contributed by atoms with Crippen LogP contribution in [0.4, 0.5) is 11.6 Å². The van der Waals surface area contributed by atoms with Crippen molar-refractivity contribution in [3.05, 3.63) is 17.7 Å². The lowest BCUT2D eigenvalue weighted by Gasteiger charge is -2.05. The standard InChI is InChI=1S/C13H23N3/c1-2-3-4-5-6-7-8-11-9-10-12(14)16-13(11)15/h9-10H,2-8H2,1H3,(H4,14,15,16). The fraction of sp³-hybridized carbons (Fsp3) is 0.615. The Bertz CT molecular complexity index is 310. The number of unbranched alkanes of at least 4 members (excludes halogenated alkanes) is 5. The Hall–Kier alpha value is -1.25. The van der Waals surface area contributed by atoms with E-state index in [0.717, 1.165) is 12.0 Å². The molecular formula is C13H23N3. The molecule has 16 heavy (non-hydrogen) atoms. The molecule has 1 aromatic heterocycles. The van der Waals surface area contributed by atoms with Gasteiger partial charge in [0.05, 0.1) is 0 Å². The molecule has 0 atom stereocenters. The summed E-state index contributed by atoms with van der Waals surface area (Å²) in [5.41, 5.74) is 12.5. The SMILES string of the molecule is CCCCCCCCc1ccc(N)nc1N. The van der Waals surface area contributed by atoms with Gasteiger partial charge < -0.3 is 11.5 Å². The van der Waals surface area contributed by atoms with Crippen LogP contribution in [0.25, 0.3) is 0 Å². The first-order valence-corrected chi connectivity index (χ1v) is 6.25. The number of nitrogens with two attached hydrogens (primary N) is 2. The molecule has 1 heterocycles. The van der Waals surface area contributed by atoms with Crippen LogP contribution in [0.5, 0.6) is 0 Å². The summed E-state index contributed by atoms with van der Waals surface area (Å²) in [5, 5.41) is 0. The van der Waals surface area contributed by atoms with Crippen molar-refractivity contribution in [2.45, 2.75) is 51.9 Å². The molecule has 0 bridgehead atoms. The molecule has 3 nitrogen and oxygen atoms in total. The largest absolute Gasteiger partial charge is 0.384 e. The van der Waals surface area contributed by atoms with Gasteiger partial charge >= 0.3 is 0 Å². The minimum absolute atomic E-state index is 0.504. The van der Waals surface area contributed by atoms with Crippen molar-refractivity contribution >= 4 is 11.6 Å². The zero-order chi connectivity index (χ0) is 11.8. The van der Waals surface area contributed by atoms with Crippen LogP contribution in [0.3, 0.4) is 0 Å². The van der Waals surface area contributed by atoms with E-state index >= 15 is 0 Å². The molecular weight excluding hydrogens is 198 g/mol. The number of hydrogen-bond donors (Lipinski definition) is 2. The highest BCUT2D eigenvalue weighted by atomic mass is 14.9. The summed E-state index contributed by atoms with van der Waals surface area (Å²) in [6, 6.07) is 3.81. The Balaban J connectivity index is 2.21. The first kappa shape index (κ1) is 12.8. The topological polar surface area (TPSA) is 64.9 Å². The van der Waals surface area contributed by atoms with Crippen molar-refractivity contribution in [2.24, 2.45) is 0 Å². The fourth-order valence-corrected chi connectivity index (χ4v) is 1.83. The molecule has 4 N–H and O–H groups in total. The van der Waals surface area contributed by atoms with E-state index in [1.807, 2.05) is 12.1 Å². The maximum atomic E-state index is 5.79. The quantitative estimate of drug-likeness (QED) is 0.695. The van der Waals surface area contributed by atoms with E-state index in [0.29, 0.717) is 11.6 Å². The van der Waals surface area contributed by atoms with Crippen molar-refractivity contribution in [2.75, 3.05) is 11.5 Å². The Morgan fingerprint density at radius 2 is 1.69 bits per heavy atom. The van der Waals surface area contributed by atoms with Crippen molar-refractivity contribution in [1.29, 1.82) is 0 Å². The zero-order valence-electron chi connectivity index (χ0n) is 10.2. The second kappa shape index (κ2) is 7.09. The monoisotopic (exact) mass is 221 g/mol. The fourth-order valence-electron chi connectivity index (χ4n) is 1.83. The van der Waals surface area contributed by atoms with Gasteiger partial charge in [0, 0.05) is 0 Å². The molecule has 0 saturated carbocycles. The van der Waals surface area contributed by atoms with Gasteiger partial charge in [0.2, 0.25) is 0 Å². The number of rotatable bonds is 7. The lowest BCUT2D eigenvalue weighted by Crippen LogP contribution is -2.00. The average molecular weight is 221 g/mol. The van der Waals surface area contributed by atoms with Crippen LogP contribution in [-0.4, -0.2) is 4.98 Å². The van der Waals surface area contributed by atoms with Gasteiger partial charge in [-0.2, -0.15) is 0 Å². The molecule has 90 valence electrons. The van der Waals surface area contributed by atoms with Crippen molar-refractivity contribution in [3.8, 4) is 0 Å². The van der Waals surface area contributed by atoms with Crippen LogP contribution >= 0.6 is 0 Å². The second-order valence-electron chi connectivity index (χ2n) is 4.30. The van der Waals surface area contributed by atoms with Gasteiger partial charge in [0.1, 0.15) is 11.6 Å². The maximum Gasteiger partial charge on any atom is 0.128 e. The molecule has 0 aromatic carbocycles. The Labute approximate surface area is 98.3 Å². The first-order valence-electron chi connectivity index (χ1n) is 6.25. The summed E-state index contributed by atoms with van der Waals surface area (Å²) < 4.78 is 0. The molecule has 0 radical (unpaired) electrons. The molecule has 3 heteroatoms. The van der Waals surface area contributed by atoms with Gasteiger partial charge in [-0.05, 0) is 24.5 Å². The number of aromatic nitrogens is 1. The highest BCUT2D eigenvalue weighted by molar-refractivity contribution is 5.46. The van der Waals surface area contributed by atoms with Crippen LogP contribution in [0.1, 0.15) is 51.0 Å². The lowest BCUT2D eigenvalue weighted by atomic mass is 10.1. The van der Waals surface area contributed by atoms with Gasteiger partial charge in [-0.3, -0.25) is 0 Å². The summed E-state index contributed by atoms with van der Waals surface area (Å²) in [4.78, 5) is 4.06. The van der Waals surface area contributed by atoms with Gasteiger partial charge in [0.25, 0.3) is 0 Å². The molecule has 0 fully saturated rings. The zero-order valence-corrected chi connectivity index (χ0v) is 10.2. The number of nitrogen functional groups attached to an aromatic ring is 2. The summed E-state index contributed by atoms with van der Waals surface area (Å²) >= 11 is 0. The predicted molar refractivity (Wildman–Crippen MR) is 70.1 cm³/mol. The van der Waals surface area contributed by atoms with Crippen LogP contribution in [0, 0.1) is 0 Å². The number of nitrogens with zero attached hydrogens (tertiary/aromatic N) is 1. The Morgan fingerprint density at radius 1 is 1.00 bits per heavy atom. The van der Waals surface area contributed by atoms with Gasteiger partial charge in [-0.1, -0.05) is 45.1 Å². The van der Waals surface area contributed by atoms with Crippen molar-refractivity contribution in [3.63, 3.8) is 0 Å². The number of pyridine rings is 1. The average Bonchev–Trinajstić information content (AvgIpc) is 2.26. The van der Waals surface area contributed by atoms with Gasteiger partial charge in [-0.15, -0.1) is 0 Å². The van der Waals surface area contributed by atoms with Crippen LogP contribution in [0.2, 0.25) is 0 Å². The third-order valence-corrected chi connectivity index (χ3v) is 2.83. The van der Waals surface area contributed by atoms with E-state index in [-0.39, 0.29) is 0 Å². The van der Waals surface area contributed by atoms with Crippen LogP contribution < -0.4 is 11.5 Å². The van der Waals surface area contributed by atoms with Crippen LogP contribution in [0.15, 0.2) is 12.1 Å². The molecule has 0 amide bonds. The molecule has 1 rings (SSSR count). The molecule has 0 aliphatic rings. The molecule has 0 saturated heterocycles. The third-order valence-electron chi connectivity index (χ3n) is 2.83. The Kier molecular flexibility index (Phi) is 5.68. The van der Waals surface area contributed by atoms with Gasteiger partial charge in [-0.25, -0.2) is 4.98 Å². The van der Waals surface area contributed by atoms with E-state index in [2.05, 4.69) is 11.9 Å². The smallest absolute Gasteiger partial charge is 0.128 e. The molecule has 0 unspecified atom stereocenters. The van der Waals surface area contributed by atoms with E-state index < -0.39 is 0 Å². The number of hydrogen-bond acceptors (Lipinski definition) is 3. The molecule has 0 spiro atoms. The Morgan fingerprint density at radius 3 is 2.38 bits per heavy atom. The van der Waals surface area contributed by atoms with Crippen molar-refractivity contribution < 1.29 is 0 Å². The van der Waals surface area contributed by atoms with E-state index in [1.54, 1.807) is 0 Å². The van der Waals surface area contributed by atoms with E-state index in [1.165, 1.54) is 38.5 Å². The summed E-state index contributed by atoms with van der Waals surface area (Å²) in [6.45, 7) is 2.24. The highest BCUT2D eigenvalue weighted by Crippen LogP contribution is 2.15. The molecule has 0 aliphatic carbocycles. The number of aryl methyl sites for hydroxylation is 1. The molecule has 0 aliphatic heterocycles. The minimum Gasteiger partial charge on any atom is -0.384 e. The summed E-state index contributed by atoms with van der Waals surface area (Å²) in [5.74, 6) is 1.10. The van der Waals surface area contributed by atoms with E-state index in [4.69, 9.17) is 11.5 Å².